The molecule has 33 heavy (non-hydrogen) atoms. The molecule has 0 unspecified atom stereocenters. The van der Waals surface area contributed by atoms with E-state index in [0.29, 0.717) is 34.5 Å². The molecule has 5 rings (SSSR count). The number of carboxylic acid groups (broad SMARTS) is 1. The molecule has 0 aromatic carbocycles. The molecule has 3 nitrogen and oxygen atoms in total. The van der Waals surface area contributed by atoms with Gasteiger partial charge in [0.25, 0.3) is 0 Å². The Balaban J connectivity index is 1.54. The molecule has 0 heterocycles. The van der Waals surface area contributed by atoms with E-state index in [2.05, 4.69) is 41.5 Å². The minimum Gasteiger partial charge on any atom is -0.481 e. The monoisotopic (exact) mass is 458 g/mol. The smallest absolute Gasteiger partial charge is 0.309 e. The molecule has 5 aliphatic carbocycles. The fourth-order valence-corrected chi connectivity index (χ4v) is 11.4. The second-order valence-corrected chi connectivity index (χ2v) is 15.2. The zero-order chi connectivity index (χ0) is 24.2. The van der Waals surface area contributed by atoms with Crippen molar-refractivity contribution in [3.63, 3.8) is 0 Å². The summed E-state index contributed by atoms with van der Waals surface area (Å²) in [6, 6.07) is 0. The number of hydrogen-bond donors (Lipinski definition) is 2. The van der Waals surface area contributed by atoms with Gasteiger partial charge >= 0.3 is 5.97 Å². The van der Waals surface area contributed by atoms with Crippen LogP contribution < -0.4 is 0 Å². The van der Waals surface area contributed by atoms with Gasteiger partial charge in [0.15, 0.2) is 0 Å². The molecule has 5 saturated carbocycles. The third kappa shape index (κ3) is 2.87. The Hall–Kier alpha value is -0.570. The molecule has 0 radical (unpaired) electrons. The molecule has 0 bridgehead atoms. The number of hydrogen-bond acceptors (Lipinski definition) is 2. The normalized spacial score (nSPS) is 60.7. The minimum atomic E-state index is -0.579. The molecular weight excluding hydrogens is 408 g/mol. The number of carboxylic acids is 1. The maximum absolute atomic E-state index is 12.3. The van der Waals surface area contributed by atoms with Crippen molar-refractivity contribution < 1.29 is 15.0 Å². The summed E-state index contributed by atoms with van der Waals surface area (Å²) in [5.74, 6) is 1.73. The van der Waals surface area contributed by atoms with Gasteiger partial charge in [-0.25, -0.2) is 0 Å². The largest absolute Gasteiger partial charge is 0.481 e. The van der Waals surface area contributed by atoms with Crippen molar-refractivity contribution in [1.82, 2.24) is 0 Å². The van der Waals surface area contributed by atoms with E-state index in [1.165, 1.54) is 44.9 Å². The Kier molecular flexibility index (Phi) is 5.13. The van der Waals surface area contributed by atoms with Gasteiger partial charge in [0, 0.05) is 0 Å². The predicted octanol–water partition coefficient (Wildman–Crippen LogP) is 7.31. The van der Waals surface area contributed by atoms with E-state index in [0.717, 1.165) is 25.7 Å². The van der Waals surface area contributed by atoms with Gasteiger partial charge in [-0.1, -0.05) is 41.5 Å². The van der Waals surface area contributed by atoms with E-state index >= 15 is 0 Å². The first-order chi connectivity index (χ1) is 15.2. The average Bonchev–Trinajstić information content (AvgIpc) is 2.74. The summed E-state index contributed by atoms with van der Waals surface area (Å²) < 4.78 is 0. The molecule has 0 aromatic heterocycles. The standard InChI is InChI=1S/C30H50O3/c1-19-20(31)8-9-21-27(19,4)11-10-22-28(21,5)15-17-30(7)23-18-26(3,24(32)33)13-12-25(23,2)14-16-29(22,30)6/h19-23,31H,8-18H2,1-7H3,(H,32,33)/t19-,20+,21-,22-,23+,25+,26-,27+,28-,29+,30-/m0/s1. The zero-order valence-corrected chi connectivity index (χ0v) is 22.5. The van der Waals surface area contributed by atoms with Crippen LogP contribution in [-0.4, -0.2) is 22.3 Å². The number of carbonyl (C=O) groups is 1. The van der Waals surface area contributed by atoms with Crippen LogP contribution in [0, 0.1) is 56.2 Å². The lowest BCUT2D eigenvalue weighted by Crippen LogP contribution is -2.68. The fraction of sp³-hybridized carbons (Fsp3) is 0.967. The maximum atomic E-state index is 12.3. The highest BCUT2D eigenvalue weighted by molar-refractivity contribution is 5.74. The molecular formula is C30H50O3. The summed E-state index contributed by atoms with van der Waals surface area (Å²) in [7, 11) is 0. The first-order valence-electron chi connectivity index (χ1n) is 14.1. The summed E-state index contributed by atoms with van der Waals surface area (Å²) >= 11 is 0. The van der Waals surface area contributed by atoms with Crippen molar-refractivity contribution in [2.45, 2.75) is 125 Å². The number of aliphatic hydroxyl groups excluding tert-OH is 1. The highest BCUT2D eigenvalue weighted by Gasteiger charge is 2.71. The van der Waals surface area contributed by atoms with Crippen molar-refractivity contribution >= 4 is 5.97 Å². The van der Waals surface area contributed by atoms with Crippen molar-refractivity contribution in [2.24, 2.45) is 56.2 Å². The molecule has 11 atom stereocenters. The minimum absolute atomic E-state index is 0.137. The van der Waals surface area contributed by atoms with E-state index in [4.69, 9.17) is 0 Å². The van der Waals surface area contributed by atoms with Gasteiger partial charge in [0.1, 0.15) is 0 Å². The number of rotatable bonds is 1. The van der Waals surface area contributed by atoms with Gasteiger partial charge in [0.2, 0.25) is 0 Å². The number of fused-ring (bicyclic) bond motifs is 7. The molecule has 0 saturated heterocycles. The van der Waals surface area contributed by atoms with Crippen LogP contribution in [0.2, 0.25) is 0 Å². The van der Waals surface area contributed by atoms with E-state index in [-0.39, 0.29) is 22.3 Å². The molecule has 188 valence electrons. The molecule has 5 aliphatic rings. The summed E-state index contributed by atoms with van der Waals surface area (Å²) in [5.41, 5.74) is 0.823. The molecule has 0 spiro atoms. The van der Waals surface area contributed by atoms with E-state index in [1.54, 1.807) is 0 Å². The van der Waals surface area contributed by atoms with Crippen LogP contribution in [0.15, 0.2) is 0 Å². The zero-order valence-electron chi connectivity index (χ0n) is 22.5. The van der Waals surface area contributed by atoms with Crippen molar-refractivity contribution in [3.05, 3.63) is 0 Å². The van der Waals surface area contributed by atoms with E-state index in [9.17, 15) is 15.0 Å². The van der Waals surface area contributed by atoms with Crippen LogP contribution in [-0.2, 0) is 4.79 Å². The fourth-order valence-electron chi connectivity index (χ4n) is 11.4. The van der Waals surface area contributed by atoms with Gasteiger partial charge in [-0.15, -0.1) is 0 Å². The third-order valence-electron chi connectivity index (χ3n) is 14.2. The second kappa shape index (κ2) is 7.01. The highest BCUT2D eigenvalue weighted by atomic mass is 16.4. The Morgan fingerprint density at radius 1 is 0.697 bits per heavy atom. The lowest BCUT2D eigenvalue weighted by molar-refractivity contribution is -0.263. The van der Waals surface area contributed by atoms with Crippen molar-refractivity contribution in [3.8, 4) is 0 Å². The lowest BCUT2D eigenvalue weighted by Gasteiger charge is -2.75. The van der Waals surface area contributed by atoms with Gasteiger partial charge in [-0.05, 0) is 128 Å². The quantitative estimate of drug-likeness (QED) is 0.433. The van der Waals surface area contributed by atoms with Crippen LogP contribution >= 0.6 is 0 Å². The third-order valence-corrected chi connectivity index (χ3v) is 14.2. The van der Waals surface area contributed by atoms with Crippen LogP contribution in [0.25, 0.3) is 0 Å². The second-order valence-electron chi connectivity index (χ2n) is 15.2. The average molecular weight is 459 g/mol. The van der Waals surface area contributed by atoms with Gasteiger partial charge in [-0.3, -0.25) is 4.79 Å². The van der Waals surface area contributed by atoms with Crippen molar-refractivity contribution in [1.29, 1.82) is 0 Å². The number of aliphatic hydroxyl groups is 1. The Bertz CT molecular complexity index is 838. The first kappa shape index (κ1) is 24.1. The SMILES string of the molecule is C[C@H]1[C@H](O)CC[C@H]2[C@]1(C)CC[C@H]1[C@@]2(C)CC[C@@]2(C)[C@@H]3C[C@@](C)(C(=O)O)CC[C@]3(C)CC[C@]12C. The van der Waals surface area contributed by atoms with Crippen LogP contribution in [0.3, 0.4) is 0 Å². The maximum Gasteiger partial charge on any atom is 0.309 e. The van der Waals surface area contributed by atoms with Crippen molar-refractivity contribution in [2.75, 3.05) is 0 Å². The molecule has 2 N–H and O–H groups in total. The topological polar surface area (TPSA) is 57.5 Å². The summed E-state index contributed by atoms with van der Waals surface area (Å²) in [6.07, 6.45) is 12.4. The molecule has 0 amide bonds. The van der Waals surface area contributed by atoms with Crippen LogP contribution in [0.4, 0.5) is 0 Å². The molecule has 5 fully saturated rings. The Morgan fingerprint density at radius 3 is 1.97 bits per heavy atom. The Morgan fingerprint density at radius 2 is 1.30 bits per heavy atom. The molecule has 3 heteroatoms. The first-order valence-corrected chi connectivity index (χ1v) is 14.1. The van der Waals surface area contributed by atoms with Crippen LogP contribution in [0.1, 0.15) is 119 Å². The highest BCUT2D eigenvalue weighted by Crippen LogP contribution is 2.78. The van der Waals surface area contributed by atoms with Gasteiger partial charge in [0.05, 0.1) is 11.5 Å². The van der Waals surface area contributed by atoms with Gasteiger partial charge in [-0.2, -0.15) is 0 Å². The number of aliphatic carboxylic acids is 1. The van der Waals surface area contributed by atoms with Gasteiger partial charge < -0.3 is 10.2 Å². The predicted molar refractivity (Wildman–Crippen MR) is 133 cm³/mol. The summed E-state index contributed by atoms with van der Waals surface area (Å²) in [5, 5.41) is 20.9. The molecule has 0 aliphatic heterocycles. The lowest BCUT2D eigenvalue weighted by atomic mass is 9.30. The molecule has 0 aromatic rings. The van der Waals surface area contributed by atoms with E-state index in [1.807, 2.05) is 6.92 Å². The summed E-state index contributed by atoms with van der Waals surface area (Å²) in [4.78, 5) is 12.3. The van der Waals surface area contributed by atoms with Crippen LogP contribution in [0.5, 0.6) is 0 Å². The Labute approximate surface area is 202 Å². The summed E-state index contributed by atoms with van der Waals surface area (Å²) in [6.45, 7) is 17.2. The van der Waals surface area contributed by atoms with E-state index < -0.39 is 11.4 Å².